The maximum Gasteiger partial charge on any atom is 0.263 e. The summed E-state index contributed by atoms with van der Waals surface area (Å²) in [4.78, 5) is 36.5. The molecule has 1 aliphatic heterocycles. The second-order valence-electron chi connectivity index (χ2n) is 12.1. The van der Waals surface area contributed by atoms with E-state index in [1.165, 1.54) is 49.1 Å². The van der Waals surface area contributed by atoms with Crippen LogP contribution in [0.15, 0.2) is 72.4 Å². The van der Waals surface area contributed by atoms with Crippen molar-refractivity contribution in [3.63, 3.8) is 0 Å². The Balaban J connectivity index is 0.000000632. The first-order valence-corrected chi connectivity index (χ1v) is 16.6. The zero-order valence-corrected chi connectivity index (χ0v) is 28.0. The molecule has 1 atom stereocenters. The van der Waals surface area contributed by atoms with Crippen molar-refractivity contribution >= 4 is 23.2 Å². The second-order valence-corrected chi connectivity index (χ2v) is 13.0. The first-order valence-electron chi connectivity index (χ1n) is 15.7. The summed E-state index contributed by atoms with van der Waals surface area (Å²) in [7, 11) is 0. The minimum atomic E-state index is -2.82. The predicted molar refractivity (Wildman–Crippen MR) is 179 cm³/mol. The van der Waals surface area contributed by atoms with Crippen LogP contribution in [0, 0.1) is 13.8 Å². The van der Waals surface area contributed by atoms with Gasteiger partial charge in [0.05, 0.1) is 6.04 Å². The summed E-state index contributed by atoms with van der Waals surface area (Å²) in [6.45, 7) is 8.79. The van der Waals surface area contributed by atoms with Gasteiger partial charge in [0.25, 0.3) is 18.2 Å². The number of carbonyl (C=O) groups excluding carboxylic acids is 2. The monoisotopic (exact) mass is 665 g/mol. The van der Waals surface area contributed by atoms with Crippen molar-refractivity contribution in [1.82, 2.24) is 25.5 Å². The van der Waals surface area contributed by atoms with E-state index in [4.69, 9.17) is 0 Å². The fraction of sp³-hybridized carbons (Fsp3) is 0.389. The zero-order valence-electron chi connectivity index (χ0n) is 27.2. The van der Waals surface area contributed by atoms with Crippen LogP contribution in [0.2, 0.25) is 0 Å². The maximum atomic E-state index is 14.1. The number of amides is 2. The lowest BCUT2D eigenvalue weighted by molar-refractivity contribution is 0.0735. The van der Waals surface area contributed by atoms with Crippen LogP contribution in [0.25, 0.3) is 0 Å². The zero-order chi connectivity index (χ0) is 34.0. The summed E-state index contributed by atoms with van der Waals surface area (Å²) >= 11 is 1.48. The number of aromatic nitrogens is 2. The molecule has 2 aromatic heterocycles. The summed E-state index contributed by atoms with van der Waals surface area (Å²) in [6.07, 6.45) is 2.48. The average Bonchev–Trinajstić information content (AvgIpc) is 3.71. The Labute approximate surface area is 278 Å². The van der Waals surface area contributed by atoms with E-state index in [9.17, 15) is 22.8 Å². The second kappa shape index (κ2) is 16.6. The van der Waals surface area contributed by atoms with Crippen LogP contribution < -0.4 is 10.6 Å². The minimum absolute atomic E-state index is 0.0201. The Morgan fingerprint density at radius 2 is 1.79 bits per heavy atom. The first-order chi connectivity index (χ1) is 22.4. The van der Waals surface area contributed by atoms with Crippen molar-refractivity contribution < 1.29 is 22.8 Å². The molecule has 47 heavy (non-hydrogen) atoms. The summed E-state index contributed by atoms with van der Waals surface area (Å²) in [6, 6.07) is 15.5. The molecule has 0 bridgehead atoms. The van der Waals surface area contributed by atoms with Gasteiger partial charge in [-0.2, -0.15) is 0 Å². The molecule has 1 unspecified atom stereocenters. The third-order valence-corrected chi connectivity index (χ3v) is 8.78. The van der Waals surface area contributed by atoms with Gasteiger partial charge in [0.2, 0.25) is 0 Å². The smallest absolute Gasteiger partial charge is 0.263 e. The number of nitrogens with one attached hydrogen (secondary N) is 2. The lowest BCUT2D eigenvalue weighted by Gasteiger charge is -2.23. The SMILES string of the molecule is Cc1ccccc1.Cc1csc(C2CCCN2C(=O)c2cc(C(=O)NCCCNCc3cncc(C(C)(C)F)c3)cc(C(F)F)c2)n1. The number of hydrogen-bond acceptors (Lipinski definition) is 6. The van der Waals surface area contributed by atoms with Gasteiger partial charge >= 0.3 is 0 Å². The molecule has 2 N–H and O–H groups in total. The number of alkyl halides is 3. The topological polar surface area (TPSA) is 87.2 Å². The van der Waals surface area contributed by atoms with Gasteiger partial charge in [-0.3, -0.25) is 14.6 Å². The fourth-order valence-corrected chi connectivity index (χ4v) is 6.13. The standard InChI is InChI=1S/C29H34F3N5O2S.C7H8/c1-18-17-40-27(36-18)24-6-4-9-37(24)28(39)22-12-20(25(30)31)11-21(13-22)26(38)35-8-5-7-33-14-19-10-23(16-34-15-19)29(2,3)32;1-7-5-3-2-4-6-7/h10-13,15-17,24-25,33H,4-9,14H2,1-3H3,(H,35,38);2-6H,1H3. The van der Waals surface area contributed by atoms with Gasteiger partial charge in [-0.25, -0.2) is 18.2 Å². The van der Waals surface area contributed by atoms with Crippen molar-refractivity contribution in [3.8, 4) is 0 Å². The van der Waals surface area contributed by atoms with Crippen molar-refractivity contribution in [2.24, 2.45) is 0 Å². The van der Waals surface area contributed by atoms with Gasteiger partial charge in [-0.1, -0.05) is 35.9 Å². The molecule has 3 heterocycles. The molecule has 0 spiro atoms. The van der Waals surface area contributed by atoms with Gasteiger partial charge in [0.1, 0.15) is 10.7 Å². The Morgan fingerprint density at radius 3 is 2.43 bits per heavy atom. The molecule has 4 aromatic rings. The lowest BCUT2D eigenvalue weighted by Crippen LogP contribution is -2.31. The van der Waals surface area contributed by atoms with Crippen molar-refractivity contribution in [2.75, 3.05) is 19.6 Å². The quantitative estimate of drug-likeness (QED) is 0.159. The van der Waals surface area contributed by atoms with E-state index in [1.54, 1.807) is 17.2 Å². The molecule has 2 amide bonds. The molecule has 2 aromatic carbocycles. The molecule has 1 fully saturated rings. The van der Waals surface area contributed by atoms with E-state index in [-0.39, 0.29) is 28.6 Å². The van der Waals surface area contributed by atoms with E-state index < -0.39 is 18.0 Å². The minimum Gasteiger partial charge on any atom is -0.352 e. The Morgan fingerprint density at radius 1 is 1.04 bits per heavy atom. The number of nitrogens with zero attached hydrogens (tertiary/aromatic N) is 3. The number of aryl methyl sites for hydroxylation is 2. The van der Waals surface area contributed by atoms with E-state index in [1.807, 2.05) is 30.5 Å². The van der Waals surface area contributed by atoms with E-state index >= 15 is 0 Å². The predicted octanol–water partition coefficient (Wildman–Crippen LogP) is 7.87. The number of pyridine rings is 1. The molecule has 250 valence electrons. The average molecular weight is 666 g/mol. The Bertz CT molecular complexity index is 1620. The molecule has 7 nitrogen and oxygen atoms in total. The molecule has 1 aliphatic rings. The highest BCUT2D eigenvalue weighted by Crippen LogP contribution is 2.35. The van der Waals surface area contributed by atoms with Crippen LogP contribution in [0.3, 0.4) is 0 Å². The molecule has 0 saturated carbocycles. The summed E-state index contributed by atoms with van der Waals surface area (Å²) in [5.74, 6) is -0.905. The molecular formula is C36H42F3N5O2S. The largest absolute Gasteiger partial charge is 0.352 e. The van der Waals surface area contributed by atoms with Gasteiger partial charge in [-0.05, 0) is 83.3 Å². The van der Waals surface area contributed by atoms with Gasteiger partial charge in [0.15, 0.2) is 0 Å². The highest BCUT2D eigenvalue weighted by Gasteiger charge is 2.33. The summed E-state index contributed by atoms with van der Waals surface area (Å²) in [5, 5.41) is 8.72. The van der Waals surface area contributed by atoms with E-state index in [2.05, 4.69) is 39.7 Å². The number of hydrogen-bond donors (Lipinski definition) is 2. The Kier molecular flexibility index (Phi) is 12.7. The molecular weight excluding hydrogens is 623 g/mol. The maximum absolute atomic E-state index is 14.1. The fourth-order valence-electron chi connectivity index (χ4n) is 5.18. The van der Waals surface area contributed by atoms with Crippen LogP contribution in [0.5, 0.6) is 0 Å². The summed E-state index contributed by atoms with van der Waals surface area (Å²) in [5.41, 5.74) is 1.79. The summed E-state index contributed by atoms with van der Waals surface area (Å²) < 4.78 is 41.5. The molecule has 5 rings (SSSR count). The molecule has 0 aliphatic carbocycles. The van der Waals surface area contributed by atoms with Crippen molar-refractivity contribution in [3.05, 3.63) is 116 Å². The highest BCUT2D eigenvalue weighted by molar-refractivity contribution is 7.09. The normalized spacial score (nSPS) is 14.6. The third-order valence-electron chi connectivity index (χ3n) is 7.72. The van der Waals surface area contributed by atoms with Crippen LogP contribution in [0.1, 0.15) is 99.2 Å². The van der Waals surface area contributed by atoms with Crippen LogP contribution in [0.4, 0.5) is 13.2 Å². The van der Waals surface area contributed by atoms with Crippen molar-refractivity contribution in [2.45, 2.75) is 71.6 Å². The van der Waals surface area contributed by atoms with E-state index in [0.717, 1.165) is 35.2 Å². The van der Waals surface area contributed by atoms with Gasteiger partial charge < -0.3 is 15.5 Å². The highest BCUT2D eigenvalue weighted by atomic mass is 32.1. The van der Waals surface area contributed by atoms with Gasteiger partial charge in [0, 0.05) is 65.4 Å². The third kappa shape index (κ3) is 10.5. The van der Waals surface area contributed by atoms with Crippen molar-refractivity contribution in [1.29, 1.82) is 0 Å². The number of rotatable bonds is 11. The Hall–Kier alpha value is -4.09. The molecule has 0 radical (unpaired) electrons. The number of likely N-dealkylation sites (tertiary alicyclic amines) is 1. The van der Waals surface area contributed by atoms with Gasteiger partial charge in [-0.15, -0.1) is 11.3 Å². The number of carbonyl (C=O) groups is 2. The van der Waals surface area contributed by atoms with Crippen LogP contribution in [-0.2, 0) is 12.2 Å². The number of benzene rings is 2. The van der Waals surface area contributed by atoms with Crippen LogP contribution >= 0.6 is 11.3 Å². The first kappa shape index (κ1) is 35.8. The molecule has 1 saturated heterocycles. The van der Waals surface area contributed by atoms with Crippen LogP contribution in [-0.4, -0.2) is 46.3 Å². The lowest BCUT2D eigenvalue weighted by atomic mass is 10.0. The van der Waals surface area contributed by atoms with E-state index in [0.29, 0.717) is 38.2 Å². The molecule has 11 heteroatoms. The number of thiazole rings is 1. The number of halogens is 3.